The molecule has 0 bridgehead atoms. The van der Waals surface area contributed by atoms with E-state index in [2.05, 4.69) is 33.9 Å². The van der Waals surface area contributed by atoms with E-state index in [1.165, 1.54) is 0 Å². The number of hydrogen-bond donors (Lipinski definition) is 1. The number of carbonyl (C=O) groups is 2. The van der Waals surface area contributed by atoms with Gasteiger partial charge in [0.1, 0.15) is 5.82 Å². The third kappa shape index (κ3) is 5.22. The molecule has 7 nitrogen and oxygen atoms in total. The quantitative estimate of drug-likeness (QED) is 0.522. The van der Waals surface area contributed by atoms with Crippen molar-refractivity contribution < 1.29 is 9.59 Å². The Kier molecular flexibility index (Phi) is 7.49. The van der Waals surface area contributed by atoms with Crippen LogP contribution in [-0.2, 0) is 22.6 Å². The minimum Gasteiger partial charge on any atom is -0.356 e. The van der Waals surface area contributed by atoms with Crippen molar-refractivity contribution in [3.8, 4) is 0 Å². The van der Waals surface area contributed by atoms with E-state index >= 15 is 0 Å². The fourth-order valence-corrected chi connectivity index (χ4v) is 3.73. The number of nitrogens with zero attached hydrogens (tertiary/aromatic N) is 4. The first-order valence-corrected chi connectivity index (χ1v) is 10.6. The van der Waals surface area contributed by atoms with Gasteiger partial charge in [-0.05, 0) is 32.4 Å². The van der Waals surface area contributed by atoms with E-state index in [4.69, 9.17) is 0 Å². The summed E-state index contributed by atoms with van der Waals surface area (Å²) >= 11 is 1.60. The van der Waals surface area contributed by atoms with Crippen LogP contribution < -0.4 is 5.32 Å². The van der Waals surface area contributed by atoms with Gasteiger partial charge in [0.25, 0.3) is 0 Å². The van der Waals surface area contributed by atoms with Crippen molar-refractivity contribution in [2.75, 3.05) is 19.3 Å². The van der Waals surface area contributed by atoms with Gasteiger partial charge in [0.05, 0.1) is 5.92 Å². The summed E-state index contributed by atoms with van der Waals surface area (Å²) in [6, 6.07) is 0.151. The van der Waals surface area contributed by atoms with Crippen molar-refractivity contribution >= 4 is 23.6 Å². The van der Waals surface area contributed by atoms with E-state index in [1.54, 1.807) is 16.7 Å². The van der Waals surface area contributed by atoms with Gasteiger partial charge in [-0.2, -0.15) is 0 Å². The molecule has 1 atom stereocenters. The molecule has 1 aliphatic rings. The van der Waals surface area contributed by atoms with Crippen LogP contribution in [0, 0.1) is 11.8 Å². The number of nitrogens with one attached hydrogen (secondary N) is 1. The van der Waals surface area contributed by atoms with E-state index in [9.17, 15) is 9.59 Å². The molecular formula is C18H31N5O2S. The van der Waals surface area contributed by atoms with E-state index in [0.29, 0.717) is 25.4 Å². The first kappa shape index (κ1) is 20.7. The zero-order valence-electron chi connectivity index (χ0n) is 16.5. The van der Waals surface area contributed by atoms with E-state index in [-0.39, 0.29) is 23.8 Å². The van der Waals surface area contributed by atoms with Crippen molar-refractivity contribution in [2.24, 2.45) is 11.8 Å². The Morgan fingerprint density at radius 1 is 1.31 bits per heavy atom. The lowest BCUT2D eigenvalue weighted by Crippen LogP contribution is -2.36. The summed E-state index contributed by atoms with van der Waals surface area (Å²) in [6.07, 6.45) is 3.92. The highest BCUT2D eigenvalue weighted by atomic mass is 32.2. The summed E-state index contributed by atoms with van der Waals surface area (Å²) in [4.78, 5) is 26.0. The maximum Gasteiger partial charge on any atom is 0.225 e. The predicted octanol–water partition coefficient (Wildman–Crippen LogP) is 1.96. The van der Waals surface area contributed by atoms with Gasteiger partial charge in [-0.15, -0.1) is 10.2 Å². The van der Waals surface area contributed by atoms with Crippen molar-refractivity contribution in [3.05, 3.63) is 5.82 Å². The molecule has 146 valence electrons. The van der Waals surface area contributed by atoms with Gasteiger partial charge < -0.3 is 14.8 Å². The van der Waals surface area contributed by atoms with Crippen LogP contribution in [0.2, 0.25) is 0 Å². The topological polar surface area (TPSA) is 80.1 Å². The number of aryl methyl sites for hydroxylation is 1. The molecule has 1 aromatic heterocycles. The number of aromatic nitrogens is 3. The molecule has 1 N–H and O–H groups in total. The fraction of sp³-hybridized carbons (Fsp3) is 0.778. The Hall–Kier alpha value is -1.57. The third-order valence-corrected chi connectivity index (χ3v) is 5.22. The Bertz CT molecular complexity index is 629. The zero-order chi connectivity index (χ0) is 19.3. The fourth-order valence-electron chi connectivity index (χ4n) is 3.21. The van der Waals surface area contributed by atoms with Gasteiger partial charge >= 0.3 is 0 Å². The summed E-state index contributed by atoms with van der Waals surface area (Å²) in [6.45, 7) is 10.3. The summed E-state index contributed by atoms with van der Waals surface area (Å²) in [7, 11) is 0. The lowest BCUT2D eigenvalue weighted by Gasteiger charge is -2.20. The minimum atomic E-state index is -0.224. The van der Waals surface area contributed by atoms with Crippen molar-refractivity contribution in [1.29, 1.82) is 0 Å². The van der Waals surface area contributed by atoms with Gasteiger partial charge in [-0.25, -0.2) is 0 Å². The molecule has 0 saturated carbocycles. The van der Waals surface area contributed by atoms with E-state index in [0.717, 1.165) is 30.4 Å². The predicted molar refractivity (Wildman–Crippen MR) is 103 cm³/mol. The summed E-state index contributed by atoms with van der Waals surface area (Å²) in [5, 5.41) is 12.5. The lowest BCUT2D eigenvalue weighted by molar-refractivity contribution is -0.129. The standard InChI is InChI=1S/C18H31N5O2S/c1-12(2)10-23-15(20-21-18(23)26-5)7-6-8-19-17(25)14-9-16(24)22(11-14)13(3)4/h12-14H,6-11H2,1-5H3,(H,19,25)/t14-/m1/s1. The van der Waals surface area contributed by atoms with Gasteiger partial charge in [0, 0.05) is 38.5 Å². The first-order valence-electron chi connectivity index (χ1n) is 9.36. The van der Waals surface area contributed by atoms with Gasteiger partial charge in [0.2, 0.25) is 11.8 Å². The number of rotatable bonds is 9. The smallest absolute Gasteiger partial charge is 0.225 e. The molecule has 0 unspecified atom stereocenters. The second kappa shape index (κ2) is 9.39. The molecule has 0 radical (unpaired) electrons. The highest BCUT2D eigenvalue weighted by Gasteiger charge is 2.35. The molecule has 1 saturated heterocycles. The molecule has 1 aliphatic heterocycles. The first-order chi connectivity index (χ1) is 12.3. The lowest BCUT2D eigenvalue weighted by atomic mass is 10.1. The van der Waals surface area contributed by atoms with Crippen LogP contribution in [0.4, 0.5) is 0 Å². The molecule has 1 aromatic rings. The summed E-state index contributed by atoms with van der Waals surface area (Å²) < 4.78 is 2.17. The number of amides is 2. The van der Waals surface area contributed by atoms with Crippen molar-refractivity contribution in [2.45, 2.75) is 64.7 Å². The van der Waals surface area contributed by atoms with Crippen LogP contribution in [-0.4, -0.2) is 56.9 Å². The molecule has 0 aromatic carbocycles. The highest BCUT2D eigenvalue weighted by molar-refractivity contribution is 7.98. The highest BCUT2D eigenvalue weighted by Crippen LogP contribution is 2.20. The van der Waals surface area contributed by atoms with Crippen LogP contribution in [0.5, 0.6) is 0 Å². The molecule has 0 aliphatic carbocycles. The number of hydrogen-bond acceptors (Lipinski definition) is 5. The SMILES string of the molecule is CSc1nnc(CCCNC(=O)[C@@H]2CC(=O)N(C(C)C)C2)n1CC(C)C. The van der Waals surface area contributed by atoms with Crippen LogP contribution in [0.3, 0.4) is 0 Å². The molecule has 2 heterocycles. The largest absolute Gasteiger partial charge is 0.356 e. The van der Waals surface area contributed by atoms with Gasteiger partial charge in [-0.1, -0.05) is 25.6 Å². The Balaban J connectivity index is 1.80. The molecule has 2 rings (SSSR count). The molecule has 26 heavy (non-hydrogen) atoms. The van der Waals surface area contributed by atoms with Crippen molar-refractivity contribution in [3.63, 3.8) is 0 Å². The maximum atomic E-state index is 12.3. The van der Waals surface area contributed by atoms with Crippen LogP contribution in [0.15, 0.2) is 5.16 Å². The number of thioether (sulfide) groups is 1. The van der Waals surface area contributed by atoms with Crippen LogP contribution in [0.1, 0.15) is 46.4 Å². The Morgan fingerprint density at radius 3 is 2.62 bits per heavy atom. The Morgan fingerprint density at radius 2 is 2.04 bits per heavy atom. The molecular weight excluding hydrogens is 350 g/mol. The summed E-state index contributed by atoms with van der Waals surface area (Å²) in [5.74, 6) is 1.33. The normalized spacial score (nSPS) is 17.6. The molecule has 8 heteroatoms. The van der Waals surface area contributed by atoms with Gasteiger partial charge in [-0.3, -0.25) is 9.59 Å². The third-order valence-electron chi connectivity index (χ3n) is 4.55. The maximum absolute atomic E-state index is 12.3. The second-order valence-corrected chi connectivity index (χ2v) is 8.32. The van der Waals surface area contributed by atoms with Gasteiger partial charge in [0.15, 0.2) is 5.16 Å². The monoisotopic (exact) mass is 381 g/mol. The minimum absolute atomic E-state index is 0.0186. The van der Waals surface area contributed by atoms with E-state index < -0.39 is 0 Å². The molecule has 1 fully saturated rings. The average molecular weight is 382 g/mol. The zero-order valence-corrected chi connectivity index (χ0v) is 17.3. The second-order valence-electron chi connectivity index (χ2n) is 7.54. The van der Waals surface area contributed by atoms with E-state index in [1.807, 2.05) is 20.1 Å². The van der Waals surface area contributed by atoms with Crippen LogP contribution >= 0.6 is 11.8 Å². The Labute approximate surface area is 160 Å². The molecule has 0 spiro atoms. The molecule has 2 amide bonds. The summed E-state index contributed by atoms with van der Waals surface area (Å²) in [5.41, 5.74) is 0. The number of carbonyl (C=O) groups excluding carboxylic acids is 2. The number of likely N-dealkylation sites (tertiary alicyclic amines) is 1. The van der Waals surface area contributed by atoms with Crippen LogP contribution in [0.25, 0.3) is 0 Å². The average Bonchev–Trinajstić information content (AvgIpc) is 3.14. The van der Waals surface area contributed by atoms with Crippen molar-refractivity contribution in [1.82, 2.24) is 25.0 Å².